The van der Waals surface area contributed by atoms with E-state index in [1.165, 1.54) is 16.7 Å². The molecule has 0 saturated heterocycles. The number of hydrogen-bond acceptors (Lipinski definition) is 0. The Balaban J connectivity index is 2.12. The molecule has 0 radical (unpaired) electrons. The van der Waals surface area contributed by atoms with Gasteiger partial charge in [-0.3, -0.25) is 0 Å². The first-order valence-electron chi connectivity index (χ1n) is 7.43. The Morgan fingerprint density at radius 3 is 2.43 bits per heavy atom. The fourth-order valence-corrected chi connectivity index (χ4v) is 3.21. The Kier molecular flexibility index (Phi) is 4.26. The lowest BCUT2D eigenvalue weighted by Crippen LogP contribution is -2.08. The summed E-state index contributed by atoms with van der Waals surface area (Å²) in [6.45, 7) is 2.26. The van der Waals surface area contributed by atoms with Crippen molar-refractivity contribution in [2.45, 2.75) is 19.3 Å². The average molecular weight is 295 g/mol. The standard InChI is InChI=1S/C20H19Cl/c1-15-8-7-11-17(14-15)20(16-9-3-2-4-10-16)18-12-5-6-13-19(18)21/h2-7,9-15,20H,8H2,1H3. The predicted octanol–water partition coefficient (Wildman–Crippen LogP) is 5.99. The number of hydrogen-bond donors (Lipinski definition) is 0. The molecule has 0 spiro atoms. The third-order valence-electron chi connectivity index (χ3n) is 3.98. The highest BCUT2D eigenvalue weighted by Gasteiger charge is 2.21. The van der Waals surface area contributed by atoms with E-state index < -0.39 is 0 Å². The fraction of sp³-hybridized carbons (Fsp3) is 0.200. The van der Waals surface area contributed by atoms with Crippen LogP contribution >= 0.6 is 11.6 Å². The summed E-state index contributed by atoms with van der Waals surface area (Å²) in [4.78, 5) is 0. The number of allylic oxidation sites excluding steroid dienone is 4. The summed E-state index contributed by atoms with van der Waals surface area (Å²) in [5.74, 6) is 0.789. The molecule has 0 heterocycles. The molecule has 0 N–H and O–H groups in total. The Morgan fingerprint density at radius 1 is 1.00 bits per heavy atom. The van der Waals surface area contributed by atoms with Crippen molar-refractivity contribution >= 4 is 11.6 Å². The Labute approximate surface area is 131 Å². The maximum Gasteiger partial charge on any atom is 0.0447 e. The van der Waals surface area contributed by atoms with Gasteiger partial charge in [0, 0.05) is 10.9 Å². The Morgan fingerprint density at radius 2 is 1.71 bits per heavy atom. The molecule has 0 nitrogen and oxygen atoms in total. The molecule has 0 aliphatic heterocycles. The molecular weight excluding hydrogens is 276 g/mol. The monoisotopic (exact) mass is 294 g/mol. The van der Waals surface area contributed by atoms with Gasteiger partial charge >= 0.3 is 0 Å². The number of halogens is 1. The van der Waals surface area contributed by atoms with E-state index in [-0.39, 0.29) is 5.92 Å². The summed E-state index contributed by atoms with van der Waals surface area (Å²) < 4.78 is 0. The van der Waals surface area contributed by atoms with Crippen LogP contribution in [0.2, 0.25) is 5.02 Å². The largest absolute Gasteiger partial charge is 0.0840 e. The summed E-state index contributed by atoms with van der Waals surface area (Å²) in [5.41, 5.74) is 3.80. The molecule has 2 aromatic rings. The smallest absolute Gasteiger partial charge is 0.0447 e. The maximum absolute atomic E-state index is 6.47. The van der Waals surface area contributed by atoms with Crippen LogP contribution in [0, 0.1) is 5.92 Å². The zero-order chi connectivity index (χ0) is 14.7. The van der Waals surface area contributed by atoms with Gasteiger partial charge in [-0.15, -0.1) is 0 Å². The molecule has 1 aliphatic carbocycles. The zero-order valence-electron chi connectivity index (χ0n) is 12.2. The predicted molar refractivity (Wildman–Crippen MR) is 90.7 cm³/mol. The first-order chi connectivity index (χ1) is 10.3. The van der Waals surface area contributed by atoms with E-state index in [9.17, 15) is 0 Å². The van der Waals surface area contributed by atoms with Crippen molar-refractivity contribution < 1.29 is 0 Å². The van der Waals surface area contributed by atoms with Crippen LogP contribution < -0.4 is 0 Å². The highest BCUT2D eigenvalue weighted by Crippen LogP contribution is 2.38. The second-order valence-electron chi connectivity index (χ2n) is 5.65. The van der Waals surface area contributed by atoms with Crippen molar-refractivity contribution in [3.8, 4) is 0 Å². The van der Waals surface area contributed by atoms with Crippen molar-refractivity contribution in [2.75, 3.05) is 0 Å². The zero-order valence-corrected chi connectivity index (χ0v) is 12.9. The summed E-state index contributed by atoms with van der Waals surface area (Å²) in [7, 11) is 0. The highest BCUT2D eigenvalue weighted by atomic mass is 35.5. The van der Waals surface area contributed by atoms with Crippen molar-refractivity contribution in [1.29, 1.82) is 0 Å². The summed E-state index contributed by atoms with van der Waals surface area (Å²) >= 11 is 6.47. The van der Waals surface area contributed by atoms with Gasteiger partial charge in [-0.2, -0.15) is 0 Å². The van der Waals surface area contributed by atoms with E-state index >= 15 is 0 Å². The van der Waals surface area contributed by atoms with Crippen LogP contribution in [-0.4, -0.2) is 0 Å². The van der Waals surface area contributed by atoms with Crippen molar-refractivity contribution in [3.05, 3.63) is 94.5 Å². The van der Waals surface area contributed by atoms with Crippen LogP contribution in [0.3, 0.4) is 0 Å². The third kappa shape index (κ3) is 3.11. The Bertz CT molecular complexity index is 667. The Hall–Kier alpha value is -1.79. The topological polar surface area (TPSA) is 0 Å². The van der Waals surface area contributed by atoms with E-state index in [0.717, 1.165) is 11.4 Å². The summed E-state index contributed by atoms with van der Waals surface area (Å²) in [6.07, 6.45) is 8.02. The van der Waals surface area contributed by atoms with Crippen molar-refractivity contribution in [3.63, 3.8) is 0 Å². The summed E-state index contributed by atoms with van der Waals surface area (Å²) in [5, 5.41) is 0.832. The van der Waals surface area contributed by atoms with E-state index in [1.54, 1.807) is 0 Å². The van der Waals surface area contributed by atoms with Gasteiger partial charge < -0.3 is 0 Å². The van der Waals surface area contributed by atoms with E-state index in [0.29, 0.717) is 5.92 Å². The highest BCUT2D eigenvalue weighted by molar-refractivity contribution is 6.31. The van der Waals surface area contributed by atoms with Crippen LogP contribution in [0.5, 0.6) is 0 Å². The normalized spacial score (nSPS) is 19.1. The molecule has 21 heavy (non-hydrogen) atoms. The van der Waals surface area contributed by atoms with Crippen LogP contribution in [0.4, 0.5) is 0 Å². The first-order valence-corrected chi connectivity index (χ1v) is 7.81. The molecule has 1 heteroatoms. The third-order valence-corrected chi connectivity index (χ3v) is 4.32. The first kappa shape index (κ1) is 14.2. The van der Waals surface area contributed by atoms with Crippen molar-refractivity contribution in [1.82, 2.24) is 0 Å². The van der Waals surface area contributed by atoms with E-state index in [1.807, 2.05) is 12.1 Å². The van der Waals surface area contributed by atoms with Crippen LogP contribution in [0.15, 0.2) is 78.4 Å². The van der Waals surface area contributed by atoms with Crippen LogP contribution in [0.1, 0.15) is 30.4 Å². The van der Waals surface area contributed by atoms with Gasteiger partial charge in [0.25, 0.3) is 0 Å². The van der Waals surface area contributed by atoms with Gasteiger partial charge in [-0.25, -0.2) is 0 Å². The summed E-state index contributed by atoms with van der Waals surface area (Å²) in [6, 6.07) is 18.8. The minimum Gasteiger partial charge on any atom is -0.0840 e. The lowest BCUT2D eigenvalue weighted by Gasteiger charge is -2.24. The second-order valence-corrected chi connectivity index (χ2v) is 6.05. The minimum absolute atomic E-state index is 0.207. The van der Waals surface area contributed by atoms with Gasteiger partial charge in [-0.05, 0) is 35.1 Å². The van der Waals surface area contributed by atoms with Gasteiger partial charge in [0.2, 0.25) is 0 Å². The van der Waals surface area contributed by atoms with Crippen molar-refractivity contribution in [2.24, 2.45) is 5.92 Å². The second kappa shape index (κ2) is 6.32. The van der Waals surface area contributed by atoms with Gasteiger partial charge in [0.1, 0.15) is 0 Å². The lowest BCUT2D eigenvalue weighted by atomic mass is 9.81. The molecule has 2 aromatic carbocycles. The van der Waals surface area contributed by atoms with E-state index in [4.69, 9.17) is 11.6 Å². The molecule has 0 fully saturated rings. The van der Waals surface area contributed by atoms with Gasteiger partial charge in [-0.1, -0.05) is 85.3 Å². The van der Waals surface area contributed by atoms with Gasteiger partial charge in [0.05, 0.1) is 0 Å². The number of benzene rings is 2. The molecular formula is C20H19Cl. The molecule has 0 aromatic heterocycles. The SMILES string of the molecule is CC1C=C(C(c2ccccc2)c2ccccc2Cl)C=CC1. The van der Waals surface area contributed by atoms with Gasteiger partial charge in [0.15, 0.2) is 0 Å². The minimum atomic E-state index is 0.207. The van der Waals surface area contributed by atoms with Crippen LogP contribution in [0.25, 0.3) is 0 Å². The quantitative estimate of drug-likeness (QED) is 0.652. The fourth-order valence-electron chi connectivity index (χ4n) is 2.97. The molecule has 106 valence electrons. The molecule has 0 amide bonds. The molecule has 0 saturated carbocycles. The maximum atomic E-state index is 6.47. The molecule has 3 rings (SSSR count). The molecule has 2 atom stereocenters. The molecule has 2 unspecified atom stereocenters. The molecule has 0 bridgehead atoms. The lowest BCUT2D eigenvalue weighted by molar-refractivity contribution is 0.718. The average Bonchev–Trinajstić information content (AvgIpc) is 2.51. The van der Waals surface area contributed by atoms with E-state index in [2.05, 4.69) is 67.6 Å². The van der Waals surface area contributed by atoms with Crippen LogP contribution in [-0.2, 0) is 0 Å². The molecule has 1 aliphatic rings. The number of rotatable bonds is 3.